The van der Waals surface area contributed by atoms with E-state index < -0.39 is 0 Å². The van der Waals surface area contributed by atoms with Gasteiger partial charge in [0.15, 0.2) is 0 Å². The van der Waals surface area contributed by atoms with Crippen molar-refractivity contribution in [3.05, 3.63) is 48.7 Å². The van der Waals surface area contributed by atoms with Crippen LogP contribution in [-0.2, 0) is 4.74 Å². The molecule has 1 aromatic heterocycles. The van der Waals surface area contributed by atoms with Crippen LogP contribution in [0.25, 0.3) is 11.0 Å². The Balaban J connectivity index is 1.05. The number of aromatic nitrogens is 2. The maximum absolute atomic E-state index is 5.99. The molecule has 196 valence electrons. The minimum Gasteiger partial charge on any atom is -0.476 e. The molecule has 6 rings (SSSR count). The van der Waals surface area contributed by atoms with Crippen molar-refractivity contribution in [1.82, 2.24) is 20.2 Å². The minimum absolute atomic E-state index is 0.589. The summed E-state index contributed by atoms with van der Waals surface area (Å²) >= 11 is 0. The highest BCUT2D eigenvalue weighted by atomic mass is 16.5. The summed E-state index contributed by atoms with van der Waals surface area (Å²) in [7, 11) is 0. The number of morpholine rings is 1. The highest BCUT2D eigenvalue weighted by molar-refractivity contribution is 5.80. The molecule has 3 saturated heterocycles. The van der Waals surface area contributed by atoms with Gasteiger partial charge in [-0.3, -0.25) is 4.90 Å². The summed E-state index contributed by atoms with van der Waals surface area (Å²) in [5.74, 6) is 1.19. The van der Waals surface area contributed by atoms with E-state index in [2.05, 4.69) is 55.7 Å². The van der Waals surface area contributed by atoms with Gasteiger partial charge in [-0.05, 0) is 87.2 Å². The van der Waals surface area contributed by atoms with Crippen LogP contribution in [0.3, 0.4) is 0 Å². The normalized spacial score (nSPS) is 20.3. The van der Waals surface area contributed by atoms with Gasteiger partial charge < -0.3 is 25.0 Å². The van der Waals surface area contributed by atoms with Crippen molar-refractivity contribution in [2.75, 3.05) is 69.3 Å². The van der Waals surface area contributed by atoms with Gasteiger partial charge in [-0.1, -0.05) is 0 Å². The van der Waals surface area contributed by atoms with Crippen molar-refractivity contribution in [3.8, 4) is 5.88 Å². The number of piperidine rings is 2. The number of nitrogens with zero attached hydrogens (tertiary/aromatic N) is 4. The number of ether oxygens (including phenoxy) is 2. The molecule has 3 aromatic rings. The van der Waals surface area contributed by atoms with Gasteiger partial charge in [-0.15, -0.1) is 0 Å². The molecule has 0 bridgehead atoms. The number of rotatable bonds is 7. The lowest BCUT2D eigenvalue weighted by Crippen LogP contribution is -2.49. The first-order chi connectivity index (χ1) is 18.3. The molecule has 3 aliphatic rings. The van der Waals surface area contributed by atoms with Gasteiger partial charge in [0.1, 0.15) is 0 Å². The zero-order valence-electron chi connectivity index (χ0n) is 21.6. The number of fused-ring (bicyclic) bond motifs is 1. The van der Waals surface area contributed by atoms with E-state index in [1.165, 1.54) is 18.5 Å². The number of benzene rings is 2. The second-order valence-corrected chi connectivity index (χ2v) is 10.5. The Labute approximate surface area is 219 Å². The van der Waals surface area contributed by atoms with Gasteiger partial charge in [0, 0.05) is 49.3 Å². The van der Waals surface area contributed by atoms with E-state index in [1.807, 2.05) is 12.1 Å². The van der Waals surface area contributed by atoms with Crippen LogP contribution in [0.15, 0.2) is 48.7 Å². The van der Waals surface area contributed by atoms with Gasteiger partial charge in [0.2, 0.25) is 5.88 Å². The van der Waals surface area contributed by atoms with Crippen LogP contribution in [0.5, 0.6) is 5.88 Å². The summed E-state index contributed by atoms with van der Waals surface area (Å²) in [6, 6.07) is 15.6. The molecule has 8 nitrogen and oxygen atoms in total. The molecule has 2 N–H and O–H groups in total. The van der Waals surface area contributed by atoms with Crippen LogP contribution in [0.2, 0.25) is 0 Å². The fourth-order valence-electron chi connectivity index (χ4n) is 5.75. The first-order valence-corrected chi connectivity index (χ1v) is 13.8. The van der Waals surface area contributed by atoms with Crippen LogP contribution in [-0.4, -0.2) is 80.0 Å². The predicted octanol–water partition coefficient (Wildman–Crippen LogP) is 4.05. The van der Waals surface area contributed by atoms with Crippen LogP contribution < -0.4 is 20.3 Å². The van der Waals surface area contributed by atoms with E-state index in [9.17, 15) is 0 Å². The topological polar surface area (TPSA) is 74.8 Å². The van der Waals surface area contributed by atoms with Gasteiger partial charge in [-0.25, -0.2) is 9.97 Å². The van der Waals surface area contributed by atoms with Gasteiger partial charge >= 0.3 is 0 Å². The molecule has 0 aliphatic carbocycles. The molecular weight excluding hydrogens is 464 g/mol. The fraction of sp³-hybridized carbons (Fsp3) is 0.517. The second kappa shape index (κ2) is 11.6. The fourth-order valence-corrected chi connectivity index (χ4v) is 5.75. The minimum atomic E-state index is 0.589. The summed E-state index contributed by atoms with van der Waals surface area (Å²) < 4.78 is 11.5. The third-order valence-corrected chi connectivity index (χ3v) is 7.99. The summed E-state index contributed by atoms with van der Waals surface area (Å²) in [5, 5.41) is 6.92. The molecule has 4 heterocycles. The van der Waals surface area contributed by atoms with Crippen molar-refractivity contribution in [1.29, 1.82) is 0 Å². The maximum Gasteiger partial charge on any atom is 0.232 e. The third-order valence-electron chi connectivity index (χ3n) is 7.99. The van der Waals surface area contributed by atoms with E-state index in [1.54, 1.807) is 6.20 Å². The molecule has 0 saturated carbocycles. The van der Waals surface area contributed by atoms with E-state index in [0.29, 0.717) is 24.4 Å². The Morgan fingerprint density at radius 2 is 1.65 bits per heavy atom. The molecule has 3 aliphatic heterocycles. The molecule has 0 radical (unpaired) electrons. The van der Waals surface area contributed by atoms with E-state index >= 15 is 0 Å². The van der Waals surface area contributed by atoms with Crippen molar-refractivity contribution in [2.24, 2.45) is 5.92 Å². The van der Waals surface area contributed by atoms with Crippen molar-refractivity contribution in [3.63, 3.8) is 0 Å². The maximum atomic E-state index is 5.99. The number of hydrogen-bond donors (Lipinski definition) is 2. The molecule has 8 heteroatoms. The van der Waals surface area contributed by atoms with Gasteiger partial charge in [0.05, 0.1) is 37.1 Å². The van der Waals surface area contributed by atoms with Crippen molar-refractivity contribution in [2.45, 2.75) is 31.7 Å². The molecule has 2 aromatic carbocycles. The monoisotopic (exact) mass is 502 g/mol. The Kier molecular flexibility index (Phi) is 7.67. The molecule has 0 unspecified atom stereocenters. The zero-order chi connectivity index (χ0) is 24.9. The number of nitrogens with one attached hydrogen (secondary N) is 2. The highest BCUT2D eigenvalue weighted by Crippen LogP contribution is 2.27. The lowest BCUT2D eigenvalue weighted by Gasteiger charge is -2.40. The van der Waals surface area contributed by atoms with E-state index in [4.69, 9.17) is 14.5 Å². The molecular formula is C29H38N6O2. The molecule has 37 heavy (non-hydrogen) atoms. The average Bonchev–Trinajstić information content (AvgIpc) is 2.97. The largest absolute Gasteiger partial charge is 0.476 e. The first kappa shape index (κ1) is 24.4. The molecule has 0 atom stereocenters. The molecule has 0 spiro atoms. The van der Waals surface area contributed by atoms with Crippen LogP contribution >= 0.6 is 0 Å². The Hall–Kier alpha value is -2.94. The van der Waals surface area contributed by atoms with Crippen LogP contribution in [0.1, 0.15) is 25.7 Å². The summed E-state index contributed by atoms with van der Waals surface area (Å²) in [6.07, 6.45) is 6.49. The first-order valence-electron chi connectivity index (χ1n) is 13.8. The standard InChI is InChI=1S/C29H38N6O2/c1-4-25(34-13-9-26(10-14-34)35-15-17-36-18-16-35)5-2-23(1)32-24-3-6-27-28(19-24)33-29(20-31-27)37-21-22-7-11-30-12-8-22/h1-6,19-20,22,26,30,32H,7-18,21H2. The van der Waals surface area contributed by atoms with Crippen LogP contribution in [0.4, 0.5) is 17.1 Å². The van der Waals surface area contributed by atoms with Gasteiger partial charge in [0.25, 0.3) is 0 Å². The molecule has 3 fully saturated rings. The van der Waals surface area contributed by atoms with Crippen molar-refractivity contribution >= 4 is 28.1 Å². The SMILES string of the molecule is c1cc(N2CCC(N3CCOCC3)CC2)ccc1Nc1ccc2ncc(OCC3CCNCC3)nc2c1. The Morgan fingerprint density at radius 1 is 0.892 bits per heavy atom. The third kappa shape index (κ3) is 6.14. The predicted molar refractivity (Wildman–Crippen MR) is 148 cm³/mol. The summed E-state index contributed by atoms with van der Waals surface area (Å²) in [6.45, 7) is 8.99. The smallest absolute Gasteiger partial charge is 0.232 e. The molecule has 0 amide bonds. The zero-order valence-corrected chi connectivity index (χ0v) is 21.6. The second-order valence-electron chi connectivity index (χ2n) is 10.5. The van der Waals surface area contributed by atoms with Gasteiger partial charge in [-0.2, -0.15) is 0 Å². The summed E-state index contributed by atoms with van der Waals surface area (Å²) in [4.78, 5) is 14.4. The lowest BCUT2D eigenvalue weighted by molar-refractivity contribution is 0.0115. The Bertz CT molecular complexity index is 1150. The quantitative estimate of drug-likeness (QED) is 0.501. The van der Waals surface area contributed by atoms with E-state index in [-0.39, 0.29) is 0 Å². The number of anilines is 3. The van der Waals surface area contributed by atoms with E-state index in [0.717, 1.165) is 87.7 Å². The lowest BCUT2D eigenvalue weighted by atomic mass is 9.99. The Morgan fingerprint density at radius 3 is 2.43 bits per heavy atom. The van der Waals surface area contributed by atoms with Crippen molar-refractivity contribution < 1.29 is 9.47 Å². The highest BCUT2D eigenvalue weighted by Gasteiger charge is 2.25. The van der Waals surface area contributed by atoms with Crippen LogP contribution in [0, 0.1) is 5.92 Å². The summed E-state index contributed by atoms with van der Waals surface area (Å²) in [5.41, 5.74) is 5.07. The average molecular weight is 503 g/mol. The number of hydrogen-bond acceptors (Lipinski definition) is 8.